The third-order valence-electron chi connectivity index (χ3n) is 1.18. The van der Waals surface area contributed by atoms with E-state index in [4.69, 9.17) is 23.2 Å². The van der Waals surface area contributed by atoms with E-state index in [0.717, 1.165) is 4.90 Å². The van der Waals surface area contributed by atoms with Crippen LogP contribution in [0.25, 0.3) is 0 Å². The van der Waals surface area contributed by atoms with Gasteiger partial charge in [0.1, 0.15) is 0 Å². The lowest BCUT2D eigenvalue weighted by Gasteiger charge is -1.99. The van der Waals surface area contributed by atoms with E-state index in [2.05, 4.69) is 0 Å². The molecule has 0 aliphatic heterocycles. The summed E-state index contributed by atoms with van der Waals surface area (Å²) in [5.74, 6) is 0.255. The molecule has 0 aromatic heterocycles. The van der Waals surface area contributed by atoms with E-state index >= 15 is 0 Å². The molecule has 0 aliphatic rings. The summed E-state index contributed by atoms with van der Waals surface area (Å²) in [6.07, 6.45) is 0. The number of benzene rings is 1. The van der Waals surface area contributed by atoms with Gasteiger partial charge in [-0.25, -0.2) is 0 Å². The predicted octanol–water partition coefficient (Wildman–Crippen LogP) is 3.20. The number of halogens is 2. The molecule has 0 radical (unpaired) electrons. The quantitative estimate of drug-likeness (QED) is 0.575. The summed E-state index contributed by atoms with van der Waals surface area (Å²) in [4.78, 5) is 11.3. The van der Waals surface area contributed by atoms with Crippen LogP contribution in [0.3, 0.4) is 0 Å². The minimum absolute atomic E-state index is 0.255. The Bertz CT molecular complexity index is 288. The van der Waals surface area contributed by atoms with Crippen molar-refractivity contribution >= 4 is 40.2 Å². The van der Waals surface area contributed by atoms with Crippen LogP contribution < -0.4 is 0 Å². The molecule has 0 amide bonds. The molecule has 64 valence electrons. The standard InChI is InChI=1S/C8H6Cl2OS/c9-6-3-1-2-4-7(6)12-5-8(10)11/h1-4H,5H2. The second kappa shape index (κ2) is 4.75. The Kier molecular flexibility index (Phi) is 3.92. The highest BCUT2D eigenvalue weighted by Gasteiger charge is 2.01. The fourth-order valence-electron chi connectivity index (χ4n) is 0.696. The smallest absolute Gasteiger partial charge is 0.231 e. The third-order valence-corrected chi connectivity index (χ3v) is 2.99. The molecule has 0 N–H and O–H groups in total. The Balaban J connectivity index is 2.63. The Morgan fingerprint density at radius 3 is 2.67 bits per heavy atom. The van der Waals surface area contributed by atoms with Gasteiger partial charge in [-0.05, 0) is 23.7 Å². The van der Waals surface area contributed by atoms with Crippen molar-refractivity contribution < 1.29 is 4.79 Å². The Labute approximate surface area is 85.1 Å². The Morgan fingerprint density at radius 2 is 2.08 bits per heavy atom. The number of hydrogen-bond donors (Lipinski definition) is 0. The predicted molar refractivity (Wildman–Crippen MR) is 53.0 cm³/mol. The summed E-state index contributed by atoms with van der Waals surface area (Å²) in [5, 5.41) is 0.292. The summed E-state index contributed by atoms with van der Waals surface area (Å²) in [5.41, 5.74) is 0. The second-order valence-corrected chi connectivity index (χ2v) is 3.92. The maximum Gasteiger partial charge on any atom is 0.231 e. The molecule has 0 unspecified atom stereocenters. The van der Waals surface area contributed by atoms with Gasteiger partial charge in [-0.15, -0.1) is 11.8 Å². The van der Waals surface area contributed by atoms with E-state index in [9.17, 15) is 4.79 Å². The monoisotopic (exact) mass is 220 g/mol. The van der Waals surface area contributed by atoms with Crippen molar-refractivity contribution in [1.82, 2.24) is 0 Å². The molecule has 0 atom stereocenters. The molecule has 1 aromatic carbocycles. The maximum atomic E-state index is 10.4. The highest BCUT2D eigenvalue weighted by Crippen LogP contribution is 2.26. The molecule has 0 bridgehead atoms. The number of rotatable bonds is 3. The van der Waals surface area contributed by atoms with E-state index in [1.54, 1.807) is 6.07 Å². The van der Waals surface area contributed by atoms with Crippen LogP contribution in [0.1, 0.15) is 0 Å². The summed E-state index contributed by atoms with van der Waals surface area (Å²) >= 11 is 12.4. The van der Waals surface area contributed by atoms with Crippen LogP contribution in [0.5, 0.6) is 0 Å². The van der Waals surface area contributed by atoms with Crippen LogP contribution in [0.4, 0.5) is 0 Å². The van der Waals surface area contributed by atoms with Gasteiger partial charge in [-0.1, -0.05) is 23.7 Å². The first-order valence-corrected chi connectivity index (χ1v) is 5.00. The van der Waals surface area contributed by atoms with Gasteiger partial charge in [-0.2, -0.15) is 0 Å². The maximum absolute atomic E-state index is 10.4. The third kappa shape index (κ3) is 3.05. The molecule has 1 rings (SSSR count). The zero-order valence-electron chi connectivity index (χ0n) is 6.09. The van der Waals surface area contributed by atoms with Crippen molar-refractivity contribution in [3.05, 3.63) is 29.3 Å². The Hall–Kier alpha value is -0.180. The first kappa shape index (κ1) is 9.90. The van der Waals surface area contributed by atoms with Crippen molar-refractivity contribution in [2.45, 2.75) is 4.90 Å². The molecule has 0 fully saturated rings. The molecular weight excluding hydrogens is 215 g/mol. The van der Waals surface area contributed by atoms with E-state index in [-0.39, 0.29) is 11.0 Å². The van der Waals surface area contributed by atoms with Gasteiger partial charge in [0.2, 0.25) is 5.24 Å². The molecule has 4 heteroatoms. The fraction of sp³-hybridized carbons (Fsp3) is 0.125. The molecule has 1 nitrogen and oxygen atoms in total. The van der Waals surface area contributed by atoms with Gasteiger partial charge in [0, 0.05) is 4.90 Å². The summed E-state index contributed by atoms with van der Waals surface area (Å²) in [6.45, 7) is 0. The largest absolute Gasteiger partial charge is 0.280 e. The van der Waals surface area contributed by atoms with E-state index in [0.29, 0.717) is 5.02 Å². The number of thioether (sulfide) groups is 1. The van der Waals surface area contributed by atoms with Crippen LogP contribution in [-0.4, -0.2) is 11.0 Å². The lowest BCUT2D eigenvalue weighted by atomic mass is 10.4. The average molecular weight is 221 g/mol. The van der Waals surface area contributed by atoms with Crippen LogP contribution in [0, 0.1) is 0 Å². The molecule has 0 saturated heterocycles. The highest BCUT2D eigenvalue weighted by atomic mass is 35.5. The zero-order valence-corrected chi connectivity index (χ0v) is 8.42. The van der Waals surface area contributed by atoms with Crippen molar-refractivity contribution in [2.75, 3.05) is 5.75 Å². The van der Waals surface area contributed by atoms with Crippen LogP contribution >= 0.6 is 35.0 Å². The average Bonchev–Trinajstić information content (AvgIpc) is 2.03. The number of hydrogen-bond acceptors (Lipinski definition) is 2. The van der Waals surface area contributed by atoms with Crippen LogP contribution in [-0.2, 0) is 4.79 Å². The lowest BCUT2D eigenvalue weighted by Crippen LogP contribution is -1.88. The molecular formula is C8H6Cl2OS. The lowest BCUT2D eigenvalue weighted by molar-refractivity contribution is -0.109. The van der Waals surface area contributed by atoms with Gasteiger partial charge < -0.3 is 0 Å². The zero-order chi connectivity index (χ0) is 8.97. The molecule has 0 spiro atoms. The van der Waals surface area contributed by atoms with Gasteiger partial charge in [0.25, 0.3) is 0 Å². The first-order chi connectivity index (χ1) is 5.70. The summed E-state index contributed by atoms with van der Waals surface area (Å²) < 4.78 is 0. The van der Waals surface area contributed by atoms with E-state index in [1.807, 2.05) is 18.2 Å². The molecule has 0 saturated carbocycles. The van der Waals surface area contributed by atoms with E-state index < -0.39 is 0 Å². The molecule has 0 heterocycles. The minimum Gasteiger partial charge on any atom is -0.280 e. The van der Waals surface area contributed by atoms with Crippen molar-refractivity contribution in [3.63, 3.8) is 0 Å². The summed E-state index contributed by atoms with van der Waals surface area (Å²) in [7, 11) is 0. The first-order valence-electron chi connectivity index (χ1n) is 3.26. The van der Waals surface area contributed by atoms with Crippen molar-refractivity contribution in [1.29, 1.82) is 0 Å². The van der Waals surface area contributed by atoms with E-state index in [1.165, 1.54) is 11.8 Å². The van der Waals surface area contributed by atoms with Gasteiger partial charge in [0.05, 0.1) is 10.8 Å². The normalized spacial score (nSPS) is 9.83. The number of carbonyl (C=O) groups is 1. The molecule has 0 aliphatic carbocycles. The van der Waals surface area contributed by atoms with Crippen molar-refractivity contribution in [3.8, 4) is 0 Å². The van der Waals surface area contributed by atoms with Gasteiger partial charge >= 0.3 is 0 Å². The SMILES string of the molecule is O=C(Cl)CSc1ccccc1Cl. The van der Waals surface area contributed by atoms with Crippen LogP contribution in [0.2, 0.25) is 5.02 Å². The van der Waals surface area contributed by atoms with Crippen LogP contribution in [0.15, 0.2) is 29.2 Å². The summed E-state index contributed by atoms with van der Waals surface area (Å²) in [6, 6.07) is 7.34. The van der Waals surface area contributed by atoms with Gasteiger partial charge in [-0.3, -0.25) is 4.79 Å². The fourth-order valence-corrected chi connectivity index (χ4v) is 1.81. The highest BCUT2D eigenvalue weighted by molar-refractivity contribution is 8.00. The topological polar surface area (TPSA) is 17.1 Å². The van der Waals surface area contributed by atoms with Crippen molar-refractivity contribution in [2.24, 2.45) is 0 Å². The second-order valence-electron chi connectivity index (χ2n) is 2.07. The minimum atomic E-state index is -0.361. The van der Waals surface area contributed by atoms with Gasteiger partial charge in [0.15, 0.2) is 0 Å². The Morgan fingerprint density at radius 1 is 1.42 bits per heavy atom. The molecule has 12 heavy (non-hydrogen) atoms. The molecule has 1 aromatic rings. The number of carbonyl (C=O) groups excluding carboxylic acids is 1.